The molecule has 7 nitrogen and oxygen atoms in total. The van der Waals surface area contributed by atoms with Crippen LogP contribution < -0.4 is 4.74 Å². The maximum atomic E-state index is 12.8. The number of methoxy groups -OCH3 is 1. The molecule has 0 aliphatic carbocycles. The SMILES string of the molecule is COc1ccc(-n2nc(C)c3c(Cl)c(C(=O)N4CCOCC4)cnc32)cc1. The number of pyridine rings is 1. The van der Waals surface area contributed by atoms with Gasteiger partial charge in [-0.05, 0) is 31.2 Å². The molecule has 140 valence electrons. The van der Waals surface area contributed by atoms with Gasteiger partial charge in [0.15, 0.2) is 5.65 Å². The van der Waals surface area contributed by atoms with Crippen LogP contribution in [0.4, 0.5) is 0 Å². The van der Waals surface area contributed by atoms with Crippen molar-refractivity contribution in [1.82, 2.24) is 19.7 Å². The van der Waals surface area contributed by atoms with E-state index >= 15 is 0 Å². The summed E-state index contributed by atoms with van der Waals surface area (Å²) >= 11 is 6.62. The van der Waals surface area contributed by atoms with Gasteiger partial charge in [0.25, 0.3) is 5.91 Å². The van der Waals surface area contributed by atoms with Gasteiger partial charge in [-0.25, -0.2) is 9.67 Å². The average Bonchev–Trinajstić information content (AvgIpc) is 3.06. The Morgan fingerprint density at radius 3 is 2.59 bits per heavy atom. The van der Waals surface area contributed by atoms with Gasteiger partial charge in [-0.3, -0.25) is 4.79 Å². The molecule has 0 saturated carbocycles. The number of hydrogen-bond acceptors (Lipinski definition) is 5. The highest BCUT2D eigenvalue weighted by atomic mass is 35.5. The zero-order valence-electron chi connectivity index (χ0n) is 15.1. The molecule has 1 fully saturated rings. The first kappa shape index (κ1) is 17.8. The van der Waals surface area contributed by atoms with Crippen LogP contribution in [0.3, 0.4) is 0 Å². The van der Waals surface area contributed by atoms with E-state index < -0.39 is 0 Å². The number of amides is 1. The normalized spacial score (nSPS) is 14.6. The van der Waals surface area contributed by atoms with Crippen LogP contribution in [0.5, 0.6) is 5.75 Å². The van der Waals surface area contributed by atoms with Crippen LogP contribution in [-0.4, -0.2) is 59.0 Å². The second-order valence-corrected chi connectivity index (χ2v) is 6.66. The van der Waals surface area contributed by atoms with Crippen LogP contribution >= 0.6 is 11.6 Å². The third kappa shape index (κ3) is 3.13. The fraction of sp³-hybridized carbons (Fsp3) is 0.316. The van der Waals surface area contributed by atoms with Gasteiger partial charge in [-0.15, -0.1) is 0 Å². The number of benzene rings is 1. The lowest BCUT2D eigenvalue weighted by Gasteiger charge is -2.27. The molecule has 0 N–H and O–H groups in total. The molecule has 0 radical (unpaired) electrons. The van der Waals surface area contributed by atoms with E-state index in [9.17, 15) is 4.79 Å². The number of carbonyl (C=O) groups is 1. The third-order valence-corrected chi connectivity index (χ3v) is 5.05. The van der Waals surface area contributed by atoms with E-state index in [0.29, 0.717) is 47.9 Å². The Kier molecular flexibility index (Phi) is 4.72. The molecule has 0 bridgehead atoms. The van der Waals surface area contributed by atoms with Crippen molar-refractivity contribution < 1.29 is 14.3 Å². The van der Waals surface area contributed by atoms with Gasteiger partial charge in [0, 0.05) is 19.3 Å². The van der Waals surface area contributed by atoms with E-state index in [4.69, 9.17) is 21.1 Å². The highest BCUT2D eigenvalue weighted by Gasteiger charge is 2.24. The Hall–Kier alpha value is -2.64. The number of fused-ring (bicyclic) bond motifs is 1. The summed E-state index contributed by atoms with van der Waals surface area (Å²) in [5.74, 6) is 0.630. The summed E-state index contributed by atoms with van der Waals surface area (Å²) in [7, 11) is 1.62. The van der Waals surface area contributed by atoms with Crippen LogP contribution in [0.1, 0.15) is 16.1 Å². The summed E-state index contributed by atoms with van der Waals surface area (Å²) in [4.78, 5) is 19.1. The molecule has 4 rings (SSSR count). The maximum Gasteiger partial charge on any atom is 0.257 e. The molecule has 3 heterocycles. The van der Waals surface area contributed by atoms with Gasteiger partial charge in [-0.1, -0.05) is 11.6 Å². The number of morpholine rings is 1. The first-order valence-electron chi connectivity index (χ1n) is 8.65. The lowest BCUT2D eigenvalue weighted by molar-refractivity contribution is 0.0303. The number of ether oxygens (including phenoxy) is 2. The largest absolute Gasteiger partial charge is 0.497 e. The first-order chi connectivity index (χ1) is 13.1. The Morgan fingerprint density at radius 1 is 1.22 bits per heavy atom. The van der Waals surface area contributed by atoms with Crippen molar-refractivity contribution in [1.29, 1.82) is 0 Å². The molecule has 1 aromatic carbocycles. The standard InChI is InChI=1S/C19H19ClN4O3/c1-12-16-17(20)15(19(25)23-7-9-27-10-8-23)11-21-18(16)24(22-12)13-3-5-14(26-2)6-4-13/h3-6,11H,7-10H2,1-2H3. The van der Waals surface area contributed by atoms with E-state index in [1.54, 1.807) is 16.7 Å². The number of carbonyl (C=O) groups excluding carboxylic acids is 1. The molecule has 27 heavy (non-hydrogen) atoms. The summed E-state index contributed by atoms with van der Waals surface area (Å²) in [6, 6.07) is 7.51. The molecule has 1 aliphatic rings. The van der Waals surface area contributed by atoms with Crippen molar-refractivity contribution in [2.75, 3.05) is 33.4 Å². The van der Waals surface area contributed by atoms with E-state index in [1.807, 2.05) is 31.2 Å². The predicted molar refractivity (Wildman–Crippen MR) is 102 cm³/mol. The number of rotatable bonds is 3. The van der Waals surface area contributed by atoms with E-state index in [-0.39, 0.29) is 5.91 Å². The third-order valence-electron chi connectivity index (χ3n) is 4.65. The minimum Gasteiger partial charge on any atom is -0.497 e. The molecule has 8 heteroatoms. The van der Waals surface area contributed by atoms with E-state index in [2.05, 4.69) is 10.1 Å². The lowest BCUT2D eigenvalue weighted by atomic mass is 10.1. The Labute approximate surface area is 161 Å². The summed E-state index contributed by atoms with van der Waals surface area (Å²) in [6.45, 7) is 4.04. The molecule has 1 aliphatic heterocycles. The van der Waals surface area contributed by atoms with Crippen molar-refractivity contribution in [2.45, 2.75) is 6.92 Å². The first-order valence-corrected chi connectivity index (χ1v) is 9.03. The Morgan fingerprint density at radius 2 is 1.93 bits per heavy atom. The highest BCUT2D eigenvalue weighted by Crippen LogP contribution is 2.31. The zero-order valence-corrected chi connectivity index (χ0v) is 15.9. The zero-order chi connectivity index (χ0) is 19.0. The second kappa shape index (κ2) is 7.17. The van der Waals surface area contributed by atoms with E-state index in [1.165, 1.54) is 6.20 Å². The topological polar surface area (TPSA) is 69.5 Å². The predicted octanol–water partition coefficient (Wildman–Crippen LogP) is 2.86. The number of hydrogen-bond donors (Lipinski definition) is 0. The molecular weight excluding hydrogens is 368 g/mol. The molecule has 2 aromatic heterocycles. The minimum absolute atomic E-state index is 0.130. The van der Waals surface area contributed by atoms with Crippen molar-refractivity contribution in [3.8, 4) is 11.4 Å². The van der Waals surface area contributed by atoms with Crippen LogP contribution in [-0.2, 0) is 4.74 Å². The van der Waals surface area contributed by atoms with Crippen molar-refractivity contribution in [2.24, 2.45) is 0 Å². The molecular formula is C19H19ClN4O3. The minimum atomic E-state index is -0.130. The van der Waals surface area contributed by atoms with Gasteiger partial charge in [0.1, 0.15) is 5.75 Å². The smallest absolute Gasteiger partial charge is 0.257 e. The van der Waals surface area contributed by atoms with Gasteiger partial charge in [0.05, 0.1) is 47.7 Å². The molecule has 0 atom stereocenters. The maximum absolute atomic E-state index is 12.8. The fourth-order valence-electron chi connectivity index (χ4n) is 3.20. The summed E-state index contributed by atoms with van der Waals surface area (Å²) in [5, 5.41) is 5.64. The number of aromatic nitrogens is 3. The van der Waals surface area contributed by atoms with Crippen molar-refractivity contribution in [3.63, 3.8) is 0 Å². The Balaban J connectivity index is 1.77. The second-order valence-electron chi connectivity index (χ2n) is 6.28. The van der Waals surface area contributed by atoms with Crippen LogP contribution in [0.25, 0.3) is 16.7 Å². The Bertz CT molecular complexity index is 994. The van der Waals surface area contributed by atoms with Crippen LogP contribution in [0.2, 0.25) is 5.02 Å². The van der Waals surface area contributed by atoms with Crippen LogP contribution in [0, 0.1) is 6.92 Å². The molecule has 0 unspecified atom stereocenters. The van der Waals surface area contributed by atoms with Crippen LogP contribution in [0.15, 0.2) is 30.5 Å². The summed E-state index contributed by atoms with van der Waals surface area (Å²) in [6.07, 6.45) is 1.53. The van der Waals surface area contributed by atoms with Gasteiger partial charge in [-0.2, -0.15) is 5.10 Å². The monoisotopic (exact) mass is 386 g/mol. The lowest BCUT2D eigenvalue weighted by Crippen LogP contribution is -2.40. The molecule has 1 amide bonds. The quantitative estimate of drug-likeness (QED) is 0.692. The fourth-order valence-corrected chi connectivity index (χ4v) is 3.55. The summed E-state index contributed by atoms with van der Waals surface area (Å²) in [5.41, 5.74) is 2.56. The number of nitrogens with zero attached hydrogens (tertiary/aromatic N) is 4. The molecule has 1 saturated heterocycles. The van der Waals surface area contributed by atoms with Crippen molar-refractivity contribution >= 4 is 28.5 Å². The van der Waals surface area contributed by atoms with Gasteiger partial charge >= 0.3 is 0 Å². The average molecular weight is 387 g/mol. The molecule has 0 spiro atoms. The van der Waals surface area contributed by atoms with Gasteiger partial charge < -0.3 is 14.4 Å². The molecule has 3 aromatic rings. The highest BCUT2D eigenvalue weighted by molar-refractivity contribution is 6.38. The van der Waals surface area contributed by atoms with Gasteiger partial charge in [0.2, 0.25) is 0 Å². The number of halogens is 1. The number of aryl methyl sites for hydroxylation is 1. The summed E-state index contributed by atoms with van der Waals surface area (Å²) < 4.78 is 12.2. The van der Waals surface area contributed by atoms with Crippen molar-refractivity contribution in [3.05, 3.63) is 46.7 Å². The van der Waals surface area contributed by atoms with E-state index in [0.717, 1.165) is 17.1 Å².